The molecule has 3 heterocycles. The molecule has 1 aromatic carbocycles. The first-order valence-corrected chi connectivity index (χ1v) is 8.75. The highest BCUT2D eigenvalue weighted by Crippen LogP contribution is 2.25. The second-order valence-corrected chi connectivity index (χ2v) is 6.75. The highest BCUT2D eigenvalue weighted by atomic mass is 16.1. The lowest BCUT2D eigenvalue weighted by atomic mass is 10.1. The number of aromatic nitrogens is 5. The van der Waals surface area contributed by atoms with Crippen molar-refractivity contribution in [3.63, 3.8) is 0 Å². The average Bonchev–Trinajstić information content (AvgIpc) is 3.29. The lowest BCUT2D eigenvalue weighted by Gasteiger charge is -2.17. The number of benzene rings is 1. The Hall–Kier alpha value is -3.15. The van der Waals surface area contributed by atoms with Crippen LogP contribution in [0.1, 0.15) is 44.2 Å². The van der Waals surface area contributed by atoms with Crippen LogP contribution in [0.25, 0.3) is 16.8 Å². The molecule has 0 amide bonds. The smallest absolute Gasteiger partial charge is 0.272 e. The average molecular weight is 347 g/mol. The predicted octanol–water partition coefficient (Wildman–Crippen LogP) is 3.62. The van der Waals surface area contributed by atoms with Gasteiger partial charge in [-0.05, 0) is 12.5 Å². The fourth-order valence-corrected chi connectivity index (χ4v) is 3.29. The van der Waals surface area contributed by atoms with Crippen LogP contribution >= 0.6 is 0 Å². The van der Waals surface area contributed by atoms with Gasteiger partial charge in [0.25, 0.3) is 5.56 Å². The lowest BCUT2D eigenvalue weighted by molar-refractivity contribution is 0.565. The van der Waals surface area contributed by atoms with Gasteiger partial charge in [0.15, 0.2) is 5.65 Å². The van der Waals surface area contributed by atoms with Crippen LogP contribution in [-0.2, 0) is 0 Å². The van der Waals surface area contributed by atoms with Crippen molar-refractivity contribution in [3.8, 4) is 11.1 Å². The summed E-state index contributed by atoms with van der Waals surface area (Å²) in [7, 11) is 0. The molecule has 6 heteroatoms. The van der Waals surface area contributed by atoms with Crippen molar-refractivity contribution in [2.45, 2.75) is 32.7 Å². The number of rotatable bonds is 4. The van der Waals surface area contributed by atoms with Crippen molar-refractivity contribution >= 4 is 5.65 Å². The summed E-state index contributed by atoms with van der Waals surface area (Å²) in [5.74, 6) is 1.28. The zero-order valence-electron chi connectivity index (χ0n) is 15.0. The zero-order valence-corrected chi connectivity index (χ0v) is 15.0. The summed E-state index contributed by atoms with van der Waals surface area (Å²) < 4.78 is 3.56. The van der Waals surface area contributed by atoms with E-state index in [1.165, 1.54) is 4.52 Å². The third kappa shape index (κ3) is 2.63. The topological polar surface area (TPSA) is 68.0 Å². The summed E-state index contributed by atoms with van der Waals surface area (Å²) in [4.78, 5) is 21.9. The van der Waals surface area contributed by atoms with E-state index in [0.717, 1.165) is 22.6 Å². The molecule has 0 saturated carbocycles. The van der Waals surface area contributed by atoms with E-state index in [1.54, 1.807) is 12.3 Å². The first-order chi connectivity index (χ1) is 12.6. The molecule has 3 aromatic heterocycles. The summed E-state index contributed by atoms with van der Waals surface area (Å²) in [6.07, 6.45) is 5.56. The van der Waals surface area contributed by atoms with E-state index in [-0.39, 0.29) is 11.6 Å². The van der Waals surface area contributed by atoms with Gasteiger partial charge in [0.05, 0.1) is 11.7 Å². The fraction of sp³-hybridized carbons (Fsp3) is 0.250. The van der Waals surface area contributed by atoms with Crippen molar-refractivity contribution in [1.29, 1.82) is 0 Å². The Morgan fingerprint density at radius 3 is 2.62 bits per heavy atom. The molecule has 0 fully saturated rings. The van der Waals surface area contributed by atoms with Crippen molar-refractivity contribution < 1.29 is 0 Å². The normalized spacial score (nSPS) is 12.8. The molecule has 0 aliphatic rings. The minimum Gasteiger partial charge on any atom is -0.326 e. The van der Waals surface area contributed by atoms with Gasteiger partial charge in [0.2, 0.25) is 0 Å². The molecule has 0 aliphatic heterocycles. The quantitative estimate of drug-likeness (QED) is 0.613. The van der Waals surface area contributed by atoms with Crippen molar-refractivity contribution in [3.05, 3.63) is 76.9 Å². The van der Waals surface area contributed by atoms with E-state index >= 15 is 0 Å². The van der Waals surface area contributed by atoms with Gasteiger partial charge in [-0.15, -0.1) is 0 Å². The van der Waals surface area contributed by atoms with Gasteiger partial charge in [0.1, 0.15) is 5.82 Å². The van der Waals surface area contributed by atoms with Gasteiger partial charge in [-0.3, -0.25) is 9.89 Å². The summed E-state index contributed by atoms with van der Waals surface area (Å²) in [5.41, 5.74) is 3.17. The first-order valence-electron chi connectivity index (χ1n) is 8.75. The third-order valence-corrected chi connectivity index (χ3v) is 4.66. The lowest BCUT2D eigenvalue weighted by Crippen LogP contribution is -2.19. The van der Waals surface area contributed by atoms with Crippen LogP contribution in [0.5, 0.6) is 0 Å². The number of hydrogen-bond donors (Lipinski definition) is 1. The maximum Gasteiger partial charge on any atom is 0.272 e. The van der Waals surface area contributed by atoms with E-state index in [1.807, 2.05) is 49.6 Å². The van der Waals surface area contributed by atoms with Gasteiger partial charge in [-0.2, -0.15) is 0 Å². The van der Waals surface area contributed by atoms with Crippen LogP contribution < -0.4 is 5.56 Å². The number of hydrogen-bond acceptors (Lipinski definition) is 3. The van der Waals surface area contributed by atoms with Crippen LogP contribution in [0.4, 0.5) is 0 Å². The van der Waals surface area contributed by atoms with Gasteiger partial charge in [-0.25, -0.2) is 14.5 Å². The summed E-state index contributed by atoms with van der Waals surface area (Å²) in [5, 5.41) is 3.01. The Bertz CT molecular complexity index is 1100. The Morgan fingerprint density at radius 1 is 1.12 bits per heavy atom. The Balaban J connectivity index is 1.86. The number of H-pyrrole nitrogens is 1. The molecule has 0 aliphatic carbocycles. The predicted molar refractivity (Wildman–Crippen MR) is 101 cm³/mol. The zero-order chi connectivity index (χ0) is 18.3. The molecule has 26 heavy (non-hydrogen) atoms. The van der Waals surface area contributed by atoms with E-state index in [2.05, 4.69) is 28.5 Å². The third-order valence-electron chi connectivity index (χ3n) is 4.66. The van der Waals surface area contributed by atoms with Crippen molar-refractivity contribution in [2.24, 2.45) is 0 Å². The SMILES string of the molecule is CC(C)c1nccn1[C@@H](C)c1cc(=O)n2[nH]cc(-c3ccccc3)c2n1. The largest absolute Gasteiger partial charge is 0.326 e. The maximum absolute atomic E-state index is 12.6. The molecule has 0 bridgehead atoms. The van der Waals surface area contributed by atoms with E-state index < -0.39 is 0 Å². The first kappa shape index (κ1) is 16.3. The van der Waals surface area contributed by atoms with E-state index in [0.29, 0.717) is 11.6 Å². The molecule has 0 radical (unpaired) electrons. The van der Waals surface area contributed by atoms with Crippen LogP contribution in [0, 0.1) is 0 Å². The Labute approximate surface area is 151 Å². The monoisotopic (exact) mass is 347 g/mol. The Kier molecular flexibility index (Phi) is 3.95. The number of nitrogens with zero attached hydrogens (tertiary/aromatic N) is 4. The summed E-state index contributed by atoms with van der Waals surface area (Å²) in [6.45, 7) is 6.26. The van der Waals surface area contributed by atoms with Crippen molar-refractivity contribution in [1.82, 2.24) is 24.1 Å². The molecule has 4 rings (SSSR count). The minimum atomic E-state index is -0.120. The molecule has 1 atom stereocenters. The second-order valence-electron chi connectivity index (χ2n) is 6.75. The van der Waals surface area contributed by atoms with Gasteiger partial charge in [-0.1, -0.05) is 44.2 Å². The number of imidazole rings is 1. The van der Waals surface area contributed by atoms with E-state index in [4.69, 9.17) is 4.98 Å². The molecule has 1 N–H and O–H groups in total. The summed E-state index contributed by atoms with van der Waals surface area (Å²) in [6, 6.07) is 11.5. The highest BCUT2D eigenvalue weighted by Gasteiger charge is 2.18. The molecule has 132 valence electrons. The molecule has 0 unspecified atom stereocenters. The summed E-state index contributed by atoms with van der Waals surface area (Å²) >= 11 is 0. The van der Waals surface area contributed by atoms with Crippen molar-refractivity contribution in [2.75, 3.05) is 0 Å². The second kappa shape index (κ2) is 6.29. The molecule has 6 nitrogen and oxygen atoms in total. The standard InChI is InChI=1S/C20H21N5O/c1-13(2)19-21-9-10-24(19)14(3)17-11-18(26)25-20(23-17)16(12-22-25)15-7-5-4-6-8-15/h4-14,22H,1-3H3/t14-/m0/s1. The number of fused-ring (bicyclic) bond motifs is 1. The van der Waals surface area contributed by atoms with Gasteiger partial charge >= 0.3 is 0 Å². The molecule has 0 spiro atoms. The maximum atomic E-state index is 12.6. The number of aromatic amines is 1. The highest BCUT2D eigenvalue weighted by molar-refractivity contribution is 5.76. The van der Waals surface area contributed by atoms with Crippen LogP contribution in [0.2, 0.25) is 0 Å². The van der Waals surface area contributed by atoms with E-state index in [9.17, 15) is 4.79 Å². The van der Waals surface area contributed by atoms with Crippen LogP contribution in [0.15, 0.2) is 59.8 Å². The van der Waals surface area contributed by atoms with Crippen LogP contribution in [0.3, 0.4) is 0 Å². The minimum absolute atomic E-state index is 0.0777. The number of nitrogens with one attached hydrogen (secondary N) is 1. The fourth-order valence-electron chi connectivity index (χ4n) is 3.29. The van der Waals surface area contributed by atoms with Crippen LogP contribution in [-0.4, -0.2) is 24.1 Å². The molecular weight excluding hydrogens is 326 g/mol. The van der Waals surface area contributed by atoms with Gasteiger partial charge < -0.3 is 4.57 Å². The Morgan fingerprint density at radius 2 is 1.88 bits per heavy atom. The molecule has 0 saturated heterocycles. The van der Waals surface area contributed by atoms with Gasteiger partial charge in [0, 0.05) is 36.1 Å². The molecule has 4 aromatic rings. The molecular formula is C20H21N5O.